The Morgan fingerprint density at radius 1 is 1.26 bits per heavy atom. The van der Waals surface area contributed by atoms with Crippen molar-refractivity contribution >= 4 is 17.9 Å². The normalized spacial score (nSPS) is 16.4. The number of hydrogen-bond donors (Lipinski definition) is 2. The lowest BCUT2D eigenvalue weighted by molar-refractivity contribution is -0.127. The molecule has 126 valence electrons. The van der Waals surface area contributed by atoms with Gasteiger partial charge in [-0.05, 0) is 31.9 Å². The molecule has 1 fully saturated rings. The topological polar surface area (TPSA) is 89.4 Å². The fraction of sp³-hybridized carbons (Fsp3) is 0.562. The standard InChI is InChI=1S/C16H23N3O4/c1-11(23-15(21)13-9-6-10-19(13)2)14(20)18-16(22)17-12-7-4-3-5-8-12/h6,9-12H,3-5,7-8H2,1-2H3,(H2,17,18,20,22)/t11-/m1/s1. The van der Waals surface area contributed by atoms with E-state index in [-0.39, 0.29) is 6.04 Å². The van der Waals surface area contributed by atoms with Crippen molar-refractivity contribution in [2.45, 2.75) is 51.2 Å². The van der Waals surface area contributed by atoms with Crippen LogP contribution in [0, 0.1) is 0 Å². The second kappa shape index (κ2) is 7.80. The van der Waals surface area contributed by atoms with E-state index in [2.05, 4.69) is 10.6 Å². The van der Waals surface area contributed by atoms with Gasteiger partial charge in [0.15, 0.2) is 6.10 Å². The summed E-state index contributed by atoms with van der Waals surface area (Å²) in [7, 11) is 1.71. The molecule has 1 atom stereocenters. The van der Waals surface area contributed by atoms with Gasteiger partial charge in [0.2, 0.25) is 0 Å². The first-order valence-electron chi connectivity index (χ1n) is 7.91. The van der Waals surface area contributed by atoms with E-state index in [9.17, 15) is 14.4 Å². The van der Waals surface area contributed by atoms with Crippen LogP contribution in [0.4, 0.5) is 4.79 Å². The molecule has 2 N–H and O–H groups in total. The van der Waals surface area contributed by atoms with E-state index in [4.69, 9.17) is 4.74 Å². The highest BCUT2D eigenvalue weighted by Crippen LogP contribution is 2.17. The first-order chi connectivity index (χ1) is 11.0. The van der Waals surface area contributed by atoms with Crippen LogP contribution in [0.25, 0.3) is 0 Å². The predicted octanol–water partition coefficient (Wildman–Crippen LogP) is 1.73. The van der Waals surface area contributed by atoms with Crippen LogP contribution in [0.5, 0.6) is 0 Å². The Morgan fingerprint density at radius 3 is 2.57 bits per heavy atom. The van der Waals surface area contributed by atoms with Crippen molar-refractivity contribution in [1.29, 1.82) is 0 Å². The zero-order chi connectivity index (χ0) is 16.8. The molecule has 1 aliphatic carbocycles. The molecule has 7 nitrogen and oxygen atoms in total. The third kappa shape index (κ3) is 4.84. The molecule has 1 aromatic heterocycles. The summed E-state index contributed by atoms with van der Waals surface area (Å²) in [5.74, 6) is -1.24. The summed E-state index contributed by atoms with van der Waals surface area (Å²) in [6, 6.07) is 2.88. The summed E-state index contributed by atoms with van der Waals surface area (Å²) in [4.78, 5) is 35.7. The minimum atomic E-state index is -1.05. The molecular formula is C16H23N3O4. The van der Waals surface area contributed by atoms with Crippen LogP contribution >= 0.6 is 0 Å². The van der Waals surface area contributed by atoms with Gasteiger partial charge in [-0.1, -0.05) is 19.3 Å². The lowest BCUT2D eigenvalue weighted by Crippen LogP contribution is -2.48. The molecule has 1 saturated carbocycles. The number of imide groups is 1. The summed E-state index contributed by atoms with van der Waals surface area (Å²) in [5, 5.41) is 5.00. The monoisotopic (exact) mass is 321 g/mol. The van der Waals surface area contributed by atoms with Crippen LogP contribution in [0.1, 0.15) is 49.5 Å². The van der Waals surface area contributed by atoms with Gasteiger partial charge in [-0.15, -0.1) is 0 Å². The second-order valence-corrected chi connectivity index (χ2v) is 5.85. The number of nitrogens with zero attached hydrogens (tertiary/aromatic N) is 1. The van der Waals surface area contributed by atoms with Gasteiger partial charge < -0.3 is 14.6 Å². The number of ether oxygens (including phenoxy) is 1. The van der Waals surface area contributed by atoms with E-state index >= 15 is 0 Å². The summed E-state index contributed by atoms with van der Waals surface area (Å²) in [6.45, 7) is 1.43. The quantitative estimate of drug-likeness (QED) is 0.827. The fourth-order valence-corrected chi connectivity index (χ4v) is 2.63. The molecule has 0 aromatic carbocycles. The number of aromatic nitrogens is 1. The molecule has 0 spiro atoms. The largest absolute Gasteiger partial charge is 0.448 e. The number of aryl methyl sites for hydroxylation is 1. The summed E-state index contributed by atoms with van der Waals surface area (Å²) in [6.07, 6.45) is 5.88. The number of rotatable bonds is 4. The zero-order valence-corrected chi connectivity index (χ0v) is 13.5. The molecule has 3 amide bonds. The Kier molecular flexibility index (Phi) is 5.78. The first kappa shape index (κ1) is 17.1. The number of nitrogens with one attached hydrogen (secondary N) is 2. The molecule has 2 rings (SSSR count). The molecule has 0 aliphatic heterocycles. The highest BCUT2D eigenvalue weighted by Gasteiger charge is 2.23. The number of urea groups is 1. The van der Waals surface area contributed by atoms with Gasteiger partial charge in [-0.3, -0.25) is 10.1 Å². The highest BCUT2D eigenvalue weighted by molar-refractivity contribution is 5.98. The molecular weight excluding hydrogens is 298 g/mol. The van der Waals surface area contributed by atoms with Crippen molar-refractivity contribution in [3.05, 3.63) is 24.0 Å². The van der Waals surface area contributed by atoms with Gasteiger partial charge in [0.1, 0.15) is 5.69 Å². The molecule has 1 aromatic rings. The minimum absolute atomic E-state index is 0.109. The van der Waals surface area contributed by atoms with E-state index < -0.39 is 24.0 Å². The smallest absolute Gasteiger partial charge is 0.355 e. The molecule has 0 unspecified atom stereocenters. The average Bonchev–Trinajstić information content (AvgIpc) is 2.94. The van der Waals surface area contributed by atoms with Crippen LogP contribution in [0.2, 0.25) is 0 Å². The molecule has 0 bridgehead atoms. The minimum Gasteiger partial charge on any atom is -0.448 e. The van der Waals surface area contributed by atoms with Gasteiger partial charge in [0, 0.05) is 19.3 Å². The Morgan fingerprint density at radius 2 is 1.96 bits per heavy atom. The lowest BCUT2D eigenvalue weighted by Gasteiger charge is -2.23. The van der Waals surface area contributed by atoms with Crippen LogP contribution < -0.4 is 10.6 Å². The van der Waals surface area contributed by atoms with Gasteiger partial charge in [-0.2, -0.15) is 0 Å². The third-order valence-electron chi connectivity index (χ3n) is 3.98. The number of hydrogen-bond acceptors (Lipinski definition) is 4. The molecule has 1 aliphatic rings. The predicted molar refractivity (Wildman–Crippen MR) is 83.8 cm³/mol. The SMILES string of the molecule is C[C@@H](OC(=O)c1cccn1C)C(=O)NC(=O)NC1CCCCC1. The molecule has 7 heteroatoms. The zero-order valence-electron chi connectivity index (χ0n) is 13.5. The molecule has 23 heavy (non-hydrogen) atoms. The van der Waals surface area contributed by atoms with Crippen molar-refractivity contribution in [2.75, 3.05) is 0 Å². The third-order valence-corrected chi connectivity index (χ3v) is 3.98. The molecule has 1 heterocycles. The Bertz CT molecular complexity index is 576. The number of carbonyl (C=O) groups is 3. The Labute approximate surface area is 135 Å². The van der Waals surface area contributed by atoms with Crippen molar-refractivity contribution in [1.82, 2.24) is 15.2 Å². The van der Waals surface area contributed by atoms with Gasteiger partial charge in [0.05, 0.1) is 0 Å². The summed E-state index contributed by atoms with van der Waals surface area (Å²) < 4.78 is 6.68. The van der Waals surface area contributed by atoms with Crippen molar-refractivity contribution in [3.8, 4) is 0 Å². The van der Waals surface area contributed by atoms with Gasteiger partial charge in [-0.25, -0.2) is 9.59 Å². The van der Waals surface area contributed by atoms with E-state index in [1.807, 2.05) is 0 Å². The highest BCUT2D eigenvalue weighted by atomic mass is 16.5. The van der Waals surface area contributed by atoms with E-state index in [1.54, 1.807) is 29.9 Å². The second-order valence-electron chi connectivity index (χ2n) is 5.85. The molecule has 0 radical (unpaired) electrons. The maximum atomic E-state index is 11.9. The van der Waals surface area contributed by atoms with Crippen LogP contribution in [-0.4, -0.2) is 34.6 Å². The Balaban J connectivity index is 1.79. The number of carbonyl (C=O) groups excluding carboxylic acids is 3. The van der Waals surface area contributed by atoms with E-state index in [0.717, 1.165) is 25.7 Å². The average molecular weight is 321 g/mol. The first-order valence-corrected chi connectivity index (χ1v) is 7.91. The van der Waals surface area contributed by atoms with Crippen LogP contribution in [0.3, 0.4) is 0 Å². The van der Waals surface area contributed by atoms with Crippen LogP contribution in [-0.2, 0) is 16.6 Å². The fourth-order valence-electron chi connectivity index (χ4n) is 2.63. The van der Waals surface area contributed by atoms with Crippen molar-refractivity contribution in [3.63, 3.8) is 0 Å². The van der Waals surface area contributed by atoms with Gasteiger partial charge in [0.25, 0.3) is 5.91 Å². The molecule has 0 saturated heterocycles. The number of amides is 3. The lowest BCUT2D eigenvalue weighted by atomic mass is 9.96. The Hall–Kier alpha value is -2.31. The maximum Gasteiger partial charge on any atom is 0.355 e. The van der Waals surface area contributed by atoms with Crippen LogP contribution in [0.15, 0.2) is 18.3 Å². The summed E-state index contributed by atoms with van der Waals surface area (Å²) in [5.41, 5.74) is 0.344. The van der Waals surface area contributed by atoms with E-state index in [0.29, 0.717) is 5.69 Å². The van der Waals surface area contributed by atoms with Crippen molar-refractivity contribution < 1.29 is 19.1 Å². The maximum absolute atomic E-state index is 11.9. The van der Waals surface area contributed by atoms with E-state index in [1.165, 1.54) is 13.3 Å². The number of esters is 1. The summed E-state index contributed by atoms with van der Waals surface area (Å²) >= 11 is 0. The van der Waals surface area contributed by atoms with Crippen molar-refractivity contribution in [2.24, 2.45) is 7.05 Å². The van der Waals surface area contributed by atoms with Gasteiger partial charge >= 0.3 is 12.0 Å².